The van der Waals surface area contributed by atoms with Gasteiger partial charge in [0.05, 0.1) is 0 Å². The van der Waals surface area contributed by atoms with Crippen molar-refractivity contribution >= 4 is 18.0 Å². The molecule has 1 saturated carbocycles. The number of esters is 1. The minimum absolute atomic E-state index is 0.0742. The smallest absolute Gasteiger partial charge is 0.335 e. The predicted molar refractivity (Wildman–Crippen MR) is 144 cm³/mol. The number of nitrogens with zero attached hydrogens (tertiary/aromatic N) is 1. The average Bonchev–Trinajstić information content (AvgIpc) is 2.96. The molecule has 9 nitrogen and oxygen atoms in total. The maximum absolute atomic E-state index is 12.1. The third-order valence-corrected chi connectivity index (χ3v) is 9.39. The molecule has 2 unspecified atom stereocenters. The molecule has 1 aromatic rings. The van der Waals surface area contributed by atoms with Crippen molar-refractivity contribution in [2.24, 2.45) is 23.7 Å². The number of fused-ring (bicyclic) bond motifs is 1. The van der Waals surface area contributed by atoms with Crippen LogP contribution in [0.1, 0.15) is 64.9 Å². The van der Waals surface area contributed by atoms with E-state index in [9.17, 15) is 9.59 Å². The Morgan fingerprint density at radius 2 is 1.77 bits per heavy atom. The molecule has 216 valence electrons. The van der Waals surface area contributed by atoms with Crippen molar-refractivity contribution in [3.63, 3.8) is 0 Å². The largest absolute Gasteiger partial charge is 0.465 e. The topological polar surface area (TPSA) is 92.8 Å². The second kappa shape index (κ2) is 10.9. The van der Waals surface area contributed by atoms with Crippen LogP contribution in [0, 0.1) is 23.7 Å². The molecule has 5 saturated heterocycles. The standard InChI is InChI=1S/C31H39NO8/c1-20-7-13-24-21(2)28(37-29-31(24)25(20)19-30(3,38-29)39-40-31)36-23-11-8-22(9-12-23)10-14-27(34)35-18-15-26(33)32-16-5-4-6-17-32/h8-12,14-15,18,20-21,24-25,28-29H,4-7,13,16-17,19H2,1-3H3/b14-10+,18-15+/t20-,21-,24?,25?,28+,29-,30+,31+/m1/s1. The maximum atomic E-state index is 12.1. The van der Waals surface area contributed by atoms with Gasteiger partial charge in [0.25, 0.3) is 0 Å². The summed E-state index contributed by atoms with van der Waals surface area (Å²) in [5, 5.41) is 0. The maximum Gasteiger partial charge on any atom is 0.335 e. The van der Waals surface area contributed by atoms with E-state index in [1.54, 1.807) is 11.0 Å². The van der Waals surface area contributed by atoms with E-state index >= 15 is 0 Å². The van der Waals surface area contributed by atoms with Crippen molar-refractivity contribution in [2.75, 3.05) is 13.1 Å². The highest BCUT2D eigenvalue weighted by Gasteiger charge is 2.72. The normalized spacial score (nSPS) is 38.8. The molecule has 6 aliphatic rings. The minimum Gasteiger partial charge on any atom is -0.465 e. The summed E-state index contributed by atoms with van der Waals surface area (Å²) in [5.74, 6) is 0.260. The highest BCUT2D eigenvalue weighted by molar-refractivity contribution is 5.89. The van der Waals surface area contributed by atoms with Crippen molar-refractivity contribution in [1.29, 1.82) is 0 Å². The van der Waals surface area contributed by atoms with Gasteiger partial charge in [0, 0.05) is 49.4 Å². The van der Waals surface area contributed by atoms with E-state index in [-0.39, 0.29) is 17.7 Å². The molecule has 2 bridgehead atoms. The Hall–Kier alpha value is -2.72. The number of likely N-dealkylation sites (tertiary alicyclic amines) is 1. The highest BCUT2D eigenvalue weighted by Crippen LogP contribution is 2.62. The van der Waals surface area contributed by atoms with Crippen LogP contribution in [0.4, 0.5) is 0 Å². The second-order valence-corrected chi connectivity index (χ2v) is 12.1. The van der Waals surface area contributed by atoms with Crippen molar-refractivity contribution in [3.8, 4) is 5.75 Å². The summed E-state index contributed by atoms with van der Waals surface area (Å²) in [6, 6.07) is 7.42. The van der Waals surface area contributed by atoms with E-state index < -0.39 is 29.9 Å². The van der Waals surface area contributed by atoms with Gasteiger partial charge < -0.3 is 23.8 Å². The van der Waals surface area contributed by atoms with Crippen molar-refractivity contribution in [2.45, 2.75) is 83.3 Å². The summed E-state index contributed by atoms with van der Waals surface area (Å²) < 4.78 is 24.1. The quantitative estimate of drug-likeness (QED) is 0.211. The van der Waals surface area contributed by atoms with Gasteiger partial charge >= 0.3 is 5.97 Å². The SMILES string of the molecule is C[C@@H]1CCC2[C@@H](C)[C@@H](Oc3ccc(/C=C/C(=O)O/C=C/C(=O)N4CCCCC4)cc3)O[C@@H]3O[C@]4(C)CC1[C@@]23OO4. The Balaban J connectivity index is 1.05. The van der Waals surface area contributed by atoms with Gasteiger partial charge in [0.1, 0.15) is 12.0 Å². The molecule has 1 amide bonds. The first-order chi connectivity index (χ1) is 19.3. The molecule has 40 heavy (non-hydrogen) atoms. The third kappa shape index (κ3) is 5.09. The Kier molecular flexibility index (Phi) is 7.50. The zero-order chi connectivity index (χ0) is 27.9. The molecule has 8 atom stereocenters. The van der Waals surface area contributed by atoms with Gasteiger partial charge in [-0.1, -0.05) is 26.0 Å². The number of benzene rings is 1. The van der Waals surface area contributed by atoms with Crippen molar-refractivity contribution in [1.82, 2.24) is 4.90 Å². The van der Waals surface area contributed by atoms with Crippen molar-refractivity contribution < 1.29 is 38.3 Å². The highest BCUT2D eigenvalue weighted by atomic mass is 17.3. The lowest BCUT2D eigenvalue weighted by atomic mass is 9.56. The Morgan fingerprint density at radius 3 is 2.55 bits per heavy atom. The lowest BCUT2D eigenvalue weighted by Crippen LogP contribution is -2.76. The molecule has 1 spiro atoms. The molecule has 5 aliphatic heterocycles. The van der Waals surface area contributed by atoms with Gasteiger partial charge in [0.2, 0.25) is 18.0 Å². The van der Waals surface area contributed by atoms with Gasteiger partial charge in [0.15, 0.2) is 11.9 Å². The lowest BCUT2D eigenvalue weighted by molar-refractivity contribution is -0.614. The van der Waals surface area contributed by atoms with E-state index in [0.717, 1.165) is 63.4 Å². The fourth-order valence-electron chi connectivity index (χ4n) is 7.19. The van der Waals surface area contributed by atoms with E-state index in [4.69, 9.17) is 28.7 Å². The number of hydrogen-bond acceptors (Lipinski definition) is 8. The first kappa shape index (κ1) is 27.4. The fourth-order valence-corrected chi connectivity index (χ4v) is 7.19. The van der Waals surface area contributed by atoms with Crippen LogP contribution in [-0.2, 0) is 33.6 Å². The van der Waals surface area contributed by atoms with E-state index in [1.807, 2.05) is 31.2 Å². The van der Waals surface area contributed by atoms with Crippen LogP contribution in [0.3, 0.4) is 0 Å². The number of amides is 1. The molecule has 0 N–H and O–H groups in total. The minimum atomic E-state index is -0.813. The van der Waals surface area contributed by atoms with Crippen LogP contribution in [0.15, 0.2) is 42.7 Å². The van der Waals surface area contributed by atoms with Gasteiger partial charge in [-0.05, 0) is 68.7 Å². The molecule has 9 heteroatoms. The molecule has 7 rings (SSSR count). The van der Waals surface area contributed by atoms with Crippen LogP contribution in [0.25, 0.3) is 6.08 Å². The van der Waals surface area contributed by atoms with Gasteiger partial charge in [-0.3, -0.25) is 4.79 Å². The molecule has 0 aromatic heterocycles. The zero-order valence-electron chi connectivity index (χ0n) is 23.5. The number of piperidine rings is 1. The van der Waals surface area contributed by atoms with Gasteiger partial charge in [-0.15, -0.1) is 0 Å². The molecule has 1 aromatic carbocycles. The number of carbonyl (C=O) groups is 2. The molecular formula is C31H39NO8. The first-order valence-electron chi connectivity index (χ1n) is 14.6. The Morgan fingerprint density at radius 1 is 1.00 bits per heavy atom. The Bertz CT molecular complexity index is 1160. The molecule has 6 fully saturated rings. The number of carbonyl (C=O) groups excluding carboxylic acids is 2. The number of hydrogen-bond donors (Lipinski definition) is 0. The summed E-state index contributed by atoms with van der Waals surface area (Å²) in [4.78, 5) is 37.8. The summed E-state index contributed by atoms with van der Waals surface area (Å²) in [6.07, 6.45) is 10.5. The third-order valence-electron chi connectivity index (χ3n) is 9.39. The molecule has 1 aliphatic carbocycles. The zero-order valence-corrected chi connectivity index (χ0v) is 23.5. The average molecular weight is 554 g/mol. The molecule has 0 radical (unpaired) electrons. The van der Waals surface area contributed by atoms with Crippen LogP contribution in [-0.4, -0.2) is 53.8 Å². The molecule has 5 heterocycles. The van der Waals surface area contributed by atoms with Crippen LogP contribution in [0.5, 0.6) is 5.75 Å². The number of ether oxygens (including phenoxy) is 4. The van der Waals surface area contributed by atoms with Gasteiger partial charge in [-0.25, -0.2) is 14.6 Å². The summed E-state index contributed by atoms with van der Waals surface area (Å²) in [5.41, 5.74) is 0.207. The summed E-state index contributed by atoms with van der Waals surface area (Å²) in [6.45, 7) is 7.85. The molecular weight excluding hydrogens is 514 g/mol. The fraction of sp³-hybridized carbons (Fsp3) is 0.613. The van der Waals surface area contributed by atoms with Crippen LogP contribution >= 0.6 is 0 Å². The van der Waals surface area contributed by atoms with E-state index in [2.05, 4.69) is 13.8 Å². The Labute approximate surface area is 235 Å². The summed E-state index contributed by atoms with van der Waals surface area (Å²) in [7, 11) is 0. The van der Waals surface area contributed by atoms with Crippen LogP contribution in [0.2, 0.25) is 0 Å². The lowest BCUT2D eigenvalue weighted by Gasteiger charge is -2.66. The summed E-state index contributed by atoms with van der Waals surface area (Å²) >= 11 is 0. The van der Waals surface area contributed by atoms with Gasteiger partial charge in [-0.2, -0.15) is 0 Å². The first-order valence-corrected chi connectivity index (χ1v) is 14.6. The second-order valence-electron chi connectivity index (χ2n) is 12.1. The van der Waals surface area contributed by atoms with Crippen molar-refractivity contribution in [3.05, 3.63) is 48.2 Å². The predicted octanol–water partition coefficient (Wildman–Crippen LogP) is 4.97. The van der Waals surface area contributed by atoms with Crippen LogP contribution < -0.4 is 4.74 Å². The van der Waals surface area contributed by atoms with E-state index in [1.165, 1.54) is 12.2 Å². The monoisotopic (exact) mass is 553 g/mol. The number of rotatable bonds is 6. The van der Waals surface area contributed by atoms with E-state index in [0.29, 0.717) is 17.6 Å².